The van der Waals surface area contributed by atoms with Crippen LogP contribution in [-0.4, -0.2) is 115 Å². The maximum Gasteiger partial charge on any atom is 0.410 e. The number of piperidine rings is 1. The normalized spacial score (nSPS) is 20.9. The molecule has 2 saturated heterocycles. The van der Waals surface area contributed by atoms with Crippen molar-refractivity contribution in [1.82, 2.24) is 19.6 Å². The van der Waals surface area contributed by atoms with Gasteiger partial charge in [0.15, 0.2) is 6.10 Å². The highest BCUT2D eigenvalue weighted by atomic mass is 79.9. The van der Waals surface area contributed by atoms with Gasteiger partial charge in [-0.2, -0.15) is 0 Å². The number of ether oxygens (including phenoxy) is 1. The lowest BCUT2D eigenvalue weighted by molar-refractivity contribution is -0.143. The molecule has 3 heterocycles. The Labute approximate surface area is 280 Å². The highest BCUT2D eigenvalue weighted by Gasteiger charge is 2.36. The molecule has 2 aromatic carbocycles. The Morgan fingerprint density at radius 1 is 0.935 bits per heavy atom. The highest BCUT2D eigenvalue weighted by Crippen LogP contribution is 2.27. The molecule has 4 aliphatic rings. The maximum atomic E-state index is 13.9. The standard InChI is InChI=1S/C34H43BBrN5O5/c35-27-20-23(21-28(36)31(27)42)22-30(32(43)39-18-16-38(17-19-39)25-7-2-1-3-8-25)46-34(45)40-13-11-26(12-14-40)41-15-10-24-6-4-5-9-29(24)37-33(41)44/h4-6,9,20-21,25-26,30,42H,1-3,7-8,10-19,22H2,(H,37,44)/t30-/m1/s1. The van der Waals surface area contributed by atoms with Crippen molar-refractivity contribution in [2.45, 2.75) is 76.0 Å². The molecule has 1 aliphatic carbocycles. The molecule has 3 fully saturated rings. The van der Waals surface area contributed by atoms with Crippen molar-refractivity contribution in [2.75, 3.05) is 51.1 Å². The first-order chi connectivity index (χ1) is 22.3. The monoisotopic (exact) mass is 691 g/mol. The van der Waals surface area contributed by atoms with Crippen LogP contribution in [0.5, 0.6) is 5.75 Å². The number of urea groups is 1. The summed E-state index contributed by atoms with van der Waals surface area (Å²) in [5, 5.41) is 13.2. The molecule has 46 heavy (non-hydrogen) atoms. The largest absolute Gasteiger partial charge is 0.507 e. The van der Waals surface area contributed by atoms with Gasteiger partial charge in [0, 0.05) is 70.0 Å². The van der Waals surface area contributed by atoms with Crippen molar-refractivity contribution in [3.63, 3.8) is 0 Å². The molecule has 3 aliphatic heterocycles. The molecule has 0 unspecified atom stereocenters. The number of phenols is 1. The molecule has 0 aromatic heterocycles. The number of hydrogen-bond acceptors (Lipinski definition) is 6. The number of fused-ring (bicyclic) bond motifs is 1. The third-order valence-electron chi connectivity index (χ3n) is 10.1. The topological polar surface area (TPSA) is 106 Å². The third-order valence-corrected chi connectivity index (χ3v) is 10.7. The number of amides is 4. The van der Waals surface area contributed by atoms with Gasteiger partial charge in [-0.15, -0.1) is 0 Å². The van der Waals surface area contributed by atoms with Crippen LogP contribution in [0.2, 0.25) is 0 Å². The molecule has 6 rings (SSSR count). The molecule has 4 amide bonds. The number of hydrogen-bond donors (Lipinski definition) is 2. The fourth-order valence-corrected chi connectivity index (χ4v) is 7.96. The average Bonchev–Trinajstić information content (AvgIpc) is 3.25. The fourth-order valence-electron chi connectivity index (χ4n) is 7.44. The van der Waals surface area contributed by atoms with Crippen LogP contribution in [0.25, 0.3) is 0 Å². The number of carbonyl (C=O) groups is 3. The van der Waals surface area contributed by atoms with Crippen LogP contribution >= 0.6 is 15.9 Å². The Balaban J connectivity index is 1.09. The SMILES string of the molecule is [B]c1cc(C[C@@H](OC(=O)N2CCC(N3CCc4ccccc4NC3=O)CC2)C(=O)N2CCN(C3CCCCC3)CC2)cc(Br)c1O. The van der Waals surface area contributed by atoms with Gasteiger partial charge in [0.1, 0.15) is 13.6 Å². The lowest BCUT2D eigenvalue weighted by Gasteiger charge is -2.41. The number of carbonyl (C=O) groups excluding carboxylic acids is 3. The number of para-hydroxylation sites is 1. The second-order valence-electron chi connectivity index (χ2n) is 13.0. The van der Waals surface area contributed by atoms with Gasteiger partial charge in [0.2, 0.25) is 0 Å². The van der Waals surface area contributed by atoms with Gasteiger partial charge in [-0.05, 0) is 71.3 Å². The van der Waals surface area contributed by atoms with Crippen LogP contribution in [0.15, 0.2) is 40.9 Å². The number of nitrogens with one attached hydrogen (secondary N) is 1. The molecular formula is C34H43BBrN5O5. The quantitative estimate of drug-likeness (QED) is 0.444. The van der Waals surface area contributed by atoms with E-state index in [9.17, 15) is 19.5 Å². The minimum atomic E-state index is -1.03. The van der Waals surface area contributed by atoms with Gasteiger partial charge in [-0.1, -0.05) is 49.0 Å². The number of aromatic hydroxyl groups is 1. The number of rotatable bonds is 6. The lowest BCUT2D eigenvalue weighted by Crippen LogP contribution is -2.55. The van der Waals surface area contributed by atoms with E-state index in [1.54, 1.807) is 17.0 Å². The maximum absolute atomic E-state index is 13.9. The minimum Gasteiger partial charge on any atom is -0.507 e. The lowest BCUT2D eigenvalue weighted by atomic mass is 9.91. The van der Waals surface area contributed by atoms with Gasteiger partial charge in [-0.25, -0.2) is 9.59 Å². The van der Waals surface area contributed by atoms with E-state index in [1.807, 2.05) is 34.1 Å². The number of anilines is 1. The van der Waals surface area contributed by atoms with Crippen LogP contribution in [0, 0.1) is 0 Å². The van der Waals surface area contributed by atoms with Crippen molar-refractivity contribution in [1.29, 1.82) is 0 Å². The zero-order chi connectivity index (χ0) is 32.2. The third kappa shape index (κ3) is 7.49. The van der Waals surface area contributed by atoms with Crippen LogP contribution < -0.4 is 10.8 Å². The first-order valence-electron chi connectivity index (χ1n) is 16.7. The first kappa shape index (κ1) is 32.7. The van der Waals surface area contributed by atoms with Crippen LogP contribution in [-0.2, 0) is 22.4 Å². The number of piperazine rings is 1. The molecule has 2 N–H and O–H groups in total. The number of likely N-dealkylation sites (tertiary alicyclic amines) is 1. The zero-order valence-corrected chi connectivity index (χ0v) is 27.9. The summed E-state index contributed by atoms with van der Waals surface area (Å²) in [7, 11) is 6.01. The van der Waals surface area contributed by atoms with Gasteiger partial charge in [0.05, 0.1) is 4.47 Å². The second-order valence-corrected chi connectivity index (χ2v) is 13.8. The number of nitrogens with zero attached hydrogens (tertiary/aromatic N) is 4. The summed E-state index contributed by atoms with van der Waals surface area (Å²) in [5.74, 6) is -0.276. The Kier molecular flexibility index (Phi) is 10.4. The van der Waals surface area contributed by atoms with E-state index in [0.29, 0.717) is 61.6 Å². The number of phenolic OH excluding ortho intramolecular Hbond substituents is 1. The van der Waals surface area contributed by atoms with Gasteiger partial charge in [-0.3, -0.25) is 9.69 Å². The Hall–Kier alpha value is -3.25. The van der Waals surface area contributed by atoms with Gasteiger partial charge in [0.25, 0.3) is 5.91 Å². The van der Waals surface area contributed by atoms with Crippen molar-refractivity contribution in [3.8, 4) is 5.75 Å². The van der Waals surface area contributed by atoms with Crippen LogP contribution in [0.3, 0.4) is 0 Å². The molecular weight excluding hydrogens is 649 g/mol. The van der Waals surface area contributed by atoms with E-state index in [4.69, 9.17) is 12.6 Å². The summed E-state index contributed by atoms with van der Waals surface area (Å²) >= 11 is 3.33. The summed E-state index contributed by atoms with van der Waals surface area (Å²) in [4.78, 5) is 48.4. The number of halogens is 1. The molecule has 12 heteroatoms. The molecule has 0 spiro atoms. The number of benzene rings is 2. The molecule has 1 saturated carbocycles. The van der Waals surface area contributed by atoms with Crippen molar-refractivity contribution >= 4 is 53.0 Å². The van der Waals surface area contributed by atoms with E-state index in [0.717, 1.165) is 30.8 Å². The van der Waals surface area contributed by atoms with E-state index in [2.05, 4.69) is 26.1 Å². The zero-order valence-electron chi connectivity index (χ0n) is 26.3. The van der Waals surface area contributed by atoms with E-state index in [1.165, 1.54) is 32.1 Å². The Morgan fingerprint density at radius 3 is 2.37 bits per heavy atom. The summed E-state index contributed by atoms with van der Waals surface area (Å²) in [5.41, 5.74) is 2.84. The summed E-state index contributed by atoms with van der Waals surface area (Å²) in [6.07, 6.45) is 6.89. The highest BCUT2D eigenvalue weighted by molar-refractivity contribution is 9.10. The van der Waals surface area contributed by atoms with Gasteiger partial charge < -0.3 is 29.9 Å². The van der Waals surface area contributed by atoms with Crippen molar-refractivity contribution < 1.29 is 24.2 Å². The van der Waals surface area contributed by atoms with Crippen molar-refractivity contribution in [3.05, 3.63) is 52.0 Å². The minimum absolute atomic E-state index is 0.00794. The predicted molar refractivity (Wildman–Crippen MR) is 181 cm³/mol. The summed E-state index contributed by atoms with van der Waals surface area (Å²) in [6, 6.07) is 11.7. The summed E-state index contributed by atoms with van der Waals surface area (Å²) in [6.45, 7) is 4.30. The average molecular weight is 692 g/mol. The van der Waals surface area contributed by atoms with E-state index in [-0.39, 0.29) is 35.6 Å². The fraction of sp³-hybridized carbons (Fsp3) is 0.559. The Bertz CT molecular complexity index is 1400. The van der Waals surface area contributed by atoms with Crippen molar-refractivity contribution in [2.24, 2.45) is 0 Å². The van der Waals surface area contributed by atoms with E-state index < -0.39 is 12.2 Å². The first-order valence-corrected chi connectivity index (χ1v) is 17.5. The second kappa shape index (κ2) is 14.7. The predicted octanol–water partition coefficient (Wildman–Crippen LogP) is 4.03. The van der Waals surface area contributed by atoms with Crippen LogP contribution in [0.4, 0.5) is 15.3 Å². The summed E-state index contributed by atoms with van der Waals surface area (Å²) < 4.78 is 6.42. The van der Waals surface area contributed by atoms with Crippen LogP contribution in [0.1, 0.15) is 56.1 Å². The molecule has 0 bridgehead atoms. The molecule has 2 radical (unpaired) electrons. The molecule has 1 atom stereocenters. The smallest absolute Gasteiger partial charge is 0.410 e. The van der Waals surface area contributed by atoms with E-state index >= 15 is 0 Å². The Morgan fingerprint density at radius 2 is 1.65 bits per heavy atom. The van der Waals surface area contributed by atoms with Gasteiger partial charge >= 0.3 is 12.1 Å². The molecule has 2 aromatic rings. The molecule has 244 valence electrons. The molecule has 10 nitrogen and oxygen atoms in total.